The molecule has 1 rings (SSSR count). The largest absolute Gasteiger partial charge is 0.196 e. The van der Waals surface area contributed by atoms with Crippen molar-refractivity contribution in [1.82, 2.24) is 0 Å². The van der Waals surface area contributed by atoms with Gasteiger partial charge in [-0.2, -0.15) is 10.5 Å². The summed E-state index contributed by atoms with van der Waals surface area (Å²) in [4.78, 5) is 0. The van der Waals surface area contributed by atoms with E-state index in [0.29, 0.717) is 0 Å². The first kappa shape index (κ1) is 8.30. The van der Waals surface area contributed by atoms with Gasteiger partial charge in [-0.05, 0) is 18.1 Å². The summed E-state index contributed by atoms with van der Waals surface area (Å²) in [6.07, 6.45) is 0. The number of aryl methyl sites for hydroxylation is 1. The van der Waals surface area contributed by atoms with Gasteiger partial charge in [0, 0.05) is 0 Å². The SMILES string of the molecule is Cc1ccccc1C(C#N)C#N. The maximum Gasteiger partial charge on any atom is 0.158 e. The molecule has 0 atom stereocenters. The van der Waals surface area contributed by atoms with Gasteiger partial charge in [-0.3, -0.25) is 0 Å². The van der Waals surface area contributed by atoms with Gasteiger partial charge in [-0.1, -0.05) is 24.3 Å². The lowest BCUT2D eigenvalue weighted by molar-refractivity contribution is 1.08. The number of benzene rings is 1. The van der Waals surface area contributed by atoms with Crippen molar-refractivity contribution >= 4 is 0 Å². The topological polar surface area (TPSA) is 47.6 Å². The zero-order valence-electron chi connectivity index (χ0n) is 6.78. The minimum absolute atomic E-state index is 0.633. The molecule has 0 bridgehead atoms. The first-order chi connectivity index (χ1) is 5.79. The van der Waals surface area contributed by atoms with Gasteiger partial charge in [0.05, 0.1) is 12.1 Å². The molecule has 0 aliphatic heterocycles. The van der Waals surface area contributed by atoms with Gasteiger partial charge in [0.15, 0.2) is 5.92 Å². The highest BCUT2D eigenvalue weighted by molar-refractivity contribution is 5.36. The summed E-state index contributed by atoms with van der Waals surface area (Å²) in [6.45, 7) is 1.90. The van der Waals surface area contributed by atoms with E-state index in [-0.39, 0.29) is 0 Å². The number of nitriles is 2. The molecular formula is C10H8N2. The van der Waals surface area contributed by atoms with E-state index in [1.165, 1.54) is 0 Å². The van der Waals surface area contributed by atoms with E-state index in [1.807, 2.05) is 43.3 Å². The molecule has 0 saturated heterocycles. The Labute approximate surface area is 71.7 Å². The molecule has 2 nitrogen and oxygen atoms in total. The zero-order chi connectivity index (χ0) is 8.97. The van der Waals surface area contributed by atoms with Crippen molar-refractivity contribution in [2.24, 2.45) is 0 Å². The second-order valence-electron chi connectivity index (χ2n) is 2.55. The number of hydrogen-bond donors (Lipinski definition) is 0. The minimum Gasteiger partial charge on any atom is -0.196 e. The number of rotatable bonds is 1. The smallest absolute Gasteiger partial charge is 0.158 e. The van der Waals surface area contributed by atoms with Gasteiger partial charge in [0.1, 0.15) is 0 Å². The van der Waals surface area contributed by atoms with Crippen LogP contribution in [0.4, 0.5) is 0 Å². The molecule has 0 aliphatic carbocycles. The molecule has 1 aromatic carbocycles. The maximum absolute atomic E-state index is 8.63. The molecule has 0 fully saturated rings. The molecule has 0 amide bonds. The van der Waals surface area contributed by atoms with Gasteiger partial charge in [-0.25, -0.2) is 0 Å². The van der Waals surface area contributed by atoms with Crippen molar-refractivity contribution in [3.63, 3.8) is 0 Å². The molecule has 0 radical (unpaired) electrons. The number of nitrogens with zero attached hydrogens (tertiary/aromatic N) is 2. The predicted molar refractivity (Wildman–Crippen MR) is 45.1 cm³/mol. The Morgan fingerprint density at radius 3 is 2.25 bits per heavy atom. The Kier molecular flexibility index (Phi) is 2.46. The molecule has 0 spiro atoms. The van der Waals surface area contributed by atoms with Crippen LogP contribution >= 0.6 is 0 Å². The minimum atomic E-state index is -0.633. The molecule has 12 heavy (non-hydrogen) atoms. The van der Waals surface area contributed by atoms with E-state index in [9.17, 15) is 0 Å². The fourth-order valence-corrected chi connectivity index (χ4v) is 1.08. The van der Waals surface area contributed by atoms with Crippen LogP contribution in [-0.2, 0) is 0 Å². The summed E-state index contributed by atoms with van der Waals surface area (Å²) in [5.41, 5.74) is 1.80. The summed E-state index contributed by atoms with van der Waals surface area (Å²) >= 11 is 0. The summed E-state index contributed by atoms with van der Waals surface area (Å²) in [5, 5.41) is 17.3. The third kappa shape index (κ3) is 1.44. The average molecular weight is 156 g/mol. The third-order valence-electron chi connectivity index (χ3n) is 1.76. The normalized spacial score (nSPS) is 9.00. The quantitative estimate of drug-likeness (QED) is 0.625. The van der Waals surface area contributed by atoms with Gasteiger partial charge in [-0.15, -0.1) is 0 Å². The highest BCUT2D eigenvalue weighted by atomic mass is 14.3. The van der Waals surface area contributed by atoms with Crippen LogP contribution in [0.3, 0.4) is 0 Å². The summed E-state index contributed by atoms with van der Waals surface area (Å²) in [5.74, 6) is -0.633. The van der Waals surface area contributed by atoms with Crippen LogP contribution in [0.25, 0.3) is 0 Å². The third-order valence-corrected chi connectivity index (χ3v) is 1.76. The van der Waals surface area contributed by atoms with E-state index in [4.69, 9.17) is 10.5 Å². The lowest BCUT2D eigenvalue weighted by Crippen LogP contribution is -1.94. The van der Waals surface area contributed by atoms with Gasteiger partial charge >= 0.3 is 0 Å². The van der Waals surface area contributed by atoms with Crippen molar-refractivity contribution in [2.45, 2.75) is 12.8 Å². The van der Waals surface area contributed by atoms with Crippen LogP contribution in [0.1, 0.15) is 17.0 Å². The van der Waals surface area contributed by atoms with Crippen molar-refractivity contribution in [3.05, 3.63) is 35.4 Å². The van der Waals surface area contributed by atoms with Crippen molar-refractivity contribution in [1.29, 1.82) is 10.5 Å². The Bertz CT molecular complexity index is 341. The van der Waals surface area contributed by atoms with Crippen LogP contribution in [0, 0.1) is 29.6 Å². The molecular weight excluding hydrogens is 148 g/mol. The van der Waals surface area contributed by atoms with Crippen LogP contribution in [-0.4, -0.2) is 0 Å². The standard InChI is InChI=1S/C10H8N2/c1-8-4-2-3-5-10(8)9(6-11)7-12/h2-5,9H,1H3. The van der Waals surface area contributed by atoms with E-state index in [1.54, 1.807) is 0 Å². The zero-order valence-corrected chi connectivity index (χ0v) is 6.78. The summed E-state index contributed by atoms with van der Waals surface area (Å²) in [6, 6.07) is 11.3. The Morgan fingerprint density at radius 1 is 1.17 bits per heavy atom. The summed E-state index contributed by atoms with van der Waals surface area (Å²) in [7, 11) is 0. The van der Waals surface area contributed by atoms with Crippen molar-refractivity contribution in [3.8, 4) is 12.1 Å². The molecule has 0 aromatic heterocycles. The molecule has 0 aliphatic rings. The molecule has 2 heteroatoms. The van der Waals surface area contributed by atoms with Crippen molar-refractivity contribution in [2.75, 3.05) is 0 Å². The first-order valence-electron chi connectivity index (χ1n) is 3.64. The molecule has 0 N–H and O–H groups in total. The van der Waals surface area contributed by atoms with Gasteiger partial charge < -0.3 is 0 Å². The molecule has 1 aromatic rings. The summed E-state index contributed by atoms with van der Waals surface area (Å²) < 4.78 is 0. The van der Waals surface area contributed by atoms with Crippen LogP contribution in [0.2, 0.25) is 0 Å². The molecule has 0 unspecified atom stereocenters. The predicted octanol–water partition coefficient (Wildman–Crippen LogP) is 2.13. The van der Waals surface area contributed by atoms with Crippen molar-refractivity contribution < 1.29 is 0 Å². The van der Waals surface area contributed by atoms with E-state index in [0.717, 1.165) is 11.1 Å². The van der Waals surface area contributed by atoms with Gasteiger partial charge in [0.25, 0.3) is 0 Å². The van der Waals surface area contributed by atoms with E-state index in [2.05, 4.69) is 0 Å². The number of hydrogen-bond acceptors (Lipinski definition) is 2. The lowest BCUT2D eigenvalue weighted by Gasteiger charge is -2.03. The Balaban J connectivity index is 3.13. The van der Waals surface area contributed by atoms with Crippen LogP contribution in [0.5, 0.6) is 0 Å². The average Bonchev–Trinajstić information content (AvgIpc) is 2.10. The van der Waals surface area contributed by atoms with E-state index < -0.39 is 5.92 Å². The van der Waals surface area contributed by atoms with E-state index >= 15 is 0 Å². The molecule has 58 valence electrons. The van der Waals surface area contributed by atoms with Crippen LogP contribution < -0.4 is 0 Å². The first-order valence-corrected chi connectivity index (χ1v) is 3.64. The molecule has 0 heterocycles. The van der Waals surface area contributed by atoms with Crippen LogP contribution in [0.15, 0.2) is 24.3 Å². The highest BCUT2D eigenvalue weighted by Gasteiger charge is 2.09. The Morgan fingerprint density at radius 2 is 1.75 bits per heavy atom. The fraction of sp³-hybridized carbons (Fsp3) is 0.200. The molecule has 0 saturated carbocycles. The van der Waals surface area contributed by atoms with Gasteiger partial charge in [0.2, 0.25) is 0 Å². The Hall–Kier alpha value is -1.80. The second kappa shape index (κ2) is 3.55. The maximum atomic E-state index is 8.63. The monoisotopic (exact) mass is 156 g/mol. The highest BCUT2D eigenvalue weighted by Crippen LogP contribution is 2.17. The fourth-order valence-electron chi connectivity index (χ4n) is 1.08. The second-order valence-corrected chi connectivity index (χ2v) is 2.55. The lowest BCUT2D eigenvalue weighted by atomic mass is 9.98.